The first-order valence-corrected chi connectivity index (χ1v) is 10.5. The van der Waals surface area contributed by atoms with Gasteiger partial charge < -0.3 is 14.8 Å². The van der Waals surface area contributed by atoms with Crippen molar-refractivity contribution in [2.75, 3.05) is 11.9 Å². The number of hydrogen-bond donors (Lipinski definition) is 1. The first-order valence-electron chi connectivity index (χ1n) is 10.5. The molecule has 0 saturated heterocycles. The highest BCUT2D eigenvalue weighted by molar-refractivity contribution is 5.92. The minimum atomic E-state index is -0.414. The highest BCUT2D eigenvalue weighted by Crippen LogP contribution is 2.37. The molecular weight excluding hydrogens is 392 g/mol. The van der Waals surface area contributed by atoms with Gasteiger partial charge in [-0.15, -0.1) is 0 Å². The smallest absolute Gasteiger partial charge is 0.338 e. The first-order chi connectivity index (χ1) is 15.2. The van der Waals surface area contributed by atoms with Crippen molar-refractivity contribution in [1.29, 1.82) is 0 Å². The van der Waals surface area contributed by atoms with Gasteiger partial charge in [-0.2, -0.15) is 10.1 Å². The lowest BCUT2D eigenvalue weighted by atomic mass is 9.94. The van der Waals surface area contributed by atoms with Crippen LogP contribution in [0.1, 0.15) is 43.9 Å². The Hall–Kier alpha value is -3.61. The number of hydrogen-bond acceptors (Lipinski definition) is 6. The van der Waals surface area contributed by atoms with Crippen molar-refractivity contribution < 1.29 is 14.3 Å². The van der Waals surface area contributed by atoms with E-state index in [2.05, 4.69) is 22.3 Å². The van der Waals surface area contributed by atoms with Crippen molar-refractivity contribution in [2.45, 2.75) is 39.3 Å². The summed E-state index contributed by atoms with van der Waals surface area (Å²) < 4.78 is 13.0. The number of nitrogens with one attached hydrogen (secondary N) is 1. The van der Waals surface area contributed by atoms with Gasteiger partial charge in [-0.1, -0.05) is 55.8 Å². The molecule has 1 unspecified atom stereocenters. The van der Waals surface area contributed by atoms with Gasteiger partial charge >= 0.3 is 5.97 Å². The van der Waals surface area contributed by atoms with Gasteiger partial charge in [-0.3, -0.25) is 0 Å². The second-order valence-corrected chi connectivity index (χ2v) is 7.26. The number of rotatable bonds is 8. The molecule has 1 N–H and O–H groups in total. The van der Waals surface area contributed by atoms with Crippen LogP contribution in [0.3, 0.4) is 0 Å². The van der Waals surface area contributed by atoms with E-state index in [1.165, 1.54) is 6.33 Å². The Morgan fingerprint density at radius 2 is 1.87 bits per heavy atom. The van der Waals surface area contributed by atoms with E-state index in [-0.39, 0.29) is 5.97 Å². The Balaban J connectivity index is 1.64. The lowest BCUT2D eigenvalue weighted by Crippen LogP contribution is -2.30. The molecule has 0 saturated carbocycles. The molecule has 1 aliphatic heterocycles. The summed E-state index contributed by atoms with van der Waals surface area (Å²) in [6, 6.07) is 17.4. The summed E-state index contributed by atoms with van der Waals surface area (Å²) >= 11 is 0. The molecular formula is C24H26N4O3. The van der Waals surface area contributed by atoms with Gasteiger partial charge in [0.15, 0.2) is 0 Å². The summed E-state index contributed by atoms with van der Waals surface area (Å²) in [4.78, 5) is 17.2. The second kappa shape index (κ2) is 9.47. The molecule has 31 heavy (non-hydrogen) atoms. The van der Waals surface area contributed by atoms with Crippen LogP contribution >= 0.6 is 0 Å². The van der Waals surface area contributed by atoms with Gasteiger partial charge in [0, 0.05) is 5.70 Å². The number of anilines is 1. The normalized spacial score (nSPS) is 15.2. The highest BCUT2D eigenvalue weighted by Gasteiger charge is 2.35. The summed E-state index contributed by atoms with van der Waals surface area (Å²) in [5.74, 6) is 1.04. The molecule has 0 radical (unpaired) electrons. The van der Waals surface area contributed by atoms with E-state index in [0.29, 0.717) is 24.7 Å². The lowest BCUT2D eigenvalue weighted by molar-refractivity contribution is -0.139. The number of carbonyl (C=O) groups excluding carboxylic acids is 1. The molecule has 2 heterocycles. The molecule has 160 valence electrons. The fourth-order valence-corrected chi connectivity index (χ4v) is 3.70. The van der Waals surface area contributed by atoms with Gasteiger partial charge in [-0.25, -0.2) is 9.48 Å². The third-order valence-electron chi connectivity index (χ3n) is 5.12. The summed E-state index contributed by atoms with van der Waals surface area (Å²) in [6.45, 7) is 4.69. The van der Waals surface area contributed by atoms with Crippen molar-refractivity contribution in [3.8, 4) is 5.75 Å². The molecule has 0 spiro atoms. The van der Waals surface area contributed by atoms with Gasteiger partial charge in [0.05, 0.1) is 12.2 Å². The number of benzene rings is 2. The standard InChI is InChI=1S/C24H26N4O3/c1-3-8-20-21(23(29)30-4-2)22(28-24(27-20)25-16-26-28)18-11-13-19(14-12-18)31-15-17-9-6-5-7-10-17/h5-7,9-14,16,22H,3-4,8,15H2,1-2H3,(H,25,26,27). The fraction of sp³-hybridized carbons (Fsp3) is 0.292. The Labute approximate surface area is 181 Å². The van der Waals surface area contributed by atoms with Crippen LogP contribution in [-0.4, -0.2) is 27.3 Å². The van der Waals surface area contributed by atoms with E-state index in [0.717, 1.165) is 35.4 Å². The van der Waals surface area contributed by atoms with E-state index >= 15 is 0 Å². The maximum Gasteiger partial charge on any atom is 0.338 e. The van der Waals surface area contributed by atoms with E-state index in [9.17, 15) is 4.79 Å². The van der Waals surface area contributed by atoms with E-state index in [4.69, 9.17) is 9.47 Å². The number of allylic oxidation sites excluding steroid dienone is 1. The Kier molecular flexibility index (Phi) is 6.31. The molecule has 0 bridgehead atoms. The highest BCUT2D eigenvalue weighted by atomic mass is 16.5. The molecule has 3 aromatic rings. The Morgan fingerprint density at radius 1 is 1.10 bits per heavy atom. The minimum absolute atomic E-state index is 0.310. The van der Waals surface area contributed by atoms with Crippen LogP contribution in [0.4, 0.5) is 5.95 Å². The van der Waals surface area contributed by atoms with Crippen molar-refractivity contribution in [3.63, 3.8) is 0 Å². The maximum absolute atomic E-state index is 12.9. The van der Waals surface area contributed by atoms with Crippen LogP contribution < -0.4 is 10.1 Å². The molecule has 1 aliphatic rings. The zero-order valence-electron chi connectivity index (χ0n) is 17.7. The zero-order valence-corrected chi connectivity index (χ0v) is 17.7. The van der Waals surface area contributed by atoms with Crippen molar-refractivity contribution >= 4 is 11.9 Å². The Bertz CT molecular complexity index is 1060. The van der Waals surface area contributed by atoms with Gasteiger partial charge in [0.2, 0.25) is 5.95 Å². The van der Waals surface area contributed by atoms with Crippen molar-refractivity contribution in [1.82, 2.24) is 14.8 Å². The molecule has 1 atom stereocenters. The molecule has 7 heteroatoms. The van der Waals surface area contributed by atoms with Crippen molar-refractivity contribution in [3.05, 3.63) is 83.3 Å². The third-order valence-corrected chi connectivity index (χ3v) is 5.12. The number of aromatic nitrogens is 3. The maximum atomic E-state index is 12.9. The number of ether oxygens (including phenoxy) is 2. The van der Waals surface area contributed by atoms with E-state index < -0.39 is 6.04 Å². The first kappa shape index (κ1) is 20.7. The quantitative estimate of drug-likeness (QED) is 0.543. The SMILES string of the molecule is CCCC1=C(C(=O)OCC)C(c2ccc(OCc3ccccc3)cc2)n2ncnc2N1. The molecule has 2 aromatic carbocycles. The van der Waals surface area contributed by atoms with Crippen LogP contribution in [0.25, 0.3) is 0 Å². The molecule has 0 fully saturated rings. The van der Waals surface area contributed by atoms with E-state index in [1.54, 1.807) is 4.68 Å². The summed E-state index contributed by atoms with van der Waals surface area (Å²) in [5.41, 5.74) is 3.42. The van der Waals surface area contributed by atoms with Gasteiger partial charge in [-0.05, 0) is 36.6 Å². The monoisotopic (exact) mass is 418 g/mol. The van der Waals surface area contributed by atoms with Crippen LogP contribution in [0, 0.1) is 0 Å². The zero-order chi connectivity index (χ0) is 21.6. The average Bonchev–Trinajstić information content (AvgIpc) is 3.26. The molecule has 0 amide bonds. The molecule has 4 rings (SSSR count). The molecule has 1 aromatic heterocycles. The largest absolute Gasteiger partial charge is 0.489 e. The third kappa shape index (κ3) is 4.45. The number of fused-ring (bicyclic) bond motifs is 1. The number of carbonyl (C=O) groups is 1. The Morgan fingerprint density at radius 3 is 2.58 bits per heavy atom. The van der Waals surface area contributed by atoms with Gasteiger partial charge in [0.25, 0.3) is 0 Å². The van der Waals surface area contributed by atoms with Crippen LogP contribution in [0.5, 0.6) is 5.75 Å². The molecule has 0 aliphatic carbocycles. The van der Waals surface area contributed by atoms with Crippen LogP contribution in [-0.2, 0) is 16.1 Å². The van der Waals surface area contributed by atoms with Crippen LogP contribution in [0.15, 0.2) is 72.2 Å². The summed E-state index contributed by atoms with van der Waals surface area (Å²) in [6.07, 6.45) is 3.10. The topological polar surface area (TPSA) is 78.3 Å². The lowest BCUT2D eigenvalue weighted by Gasteiger charge is -2.29. The van der Waals surface area contributed by atoms with Crippen LogP contribution in [0.2, 0.25) is 0 Å². The van der Waals surface area contributed by atoms with Crippen molar-refractivity contribution in [2.24, 2.45) is 0 Å². The minimum Gasteiger partial charge on any atom is -0.489 e. The summed E-state index contributed by atoms with van der Waals surface area (Å²) in [5, 5.41) is 7.63. The summed E-state index contributed by atoms with van der Waals surface area (Å²) in [7, 11) is 0. The number of esters is 1. The van der Waals surface area contributed by atoms with E-state index in [1.807, 2.05) is 61.5 Å². The predicted octanol–water partition coefficient (Wildman–Crippen LogP) is 4.49. The predicted molar refractivity (Wildman–Crippen MR) is 118 cm³/mol. The average molecular weight is 418 g/mol. The number of nitrogens with zero attached hydrogens (tertiary/aromatic N) is 3. The van der Waals surface area contributed by atoms with Gasteiger partial charge in [0.1, 0.15) is 24.7 Å². The second-order valence-electron chi connectivity index (χ2n) is 7.26. The molecule has 7 nitrogen and oxygen atoms in total. The fourth-order valence-electron chi connectivity index (χ4n) is 3.70.